The molecule has 1 aromatic heterocycles. The van der Waals surface area contributed by atoms with Crippen LogP contribution < -0.4 is 5.32 Å². The van der Waals surface area contributed by atoms with Gasteiger partial charge in [0, 0.05) is 37.4 Å². The van der Waals surface area contributed by atoms with Gasteiger partial charge >= 0.3 is 0 Å². The normalized spacial score (nSPS) is 20.9. The maximum atomic E-state index is 13.8. The molecule has 0 bridgehead atoms. The van der Waals surface area contributed by atoms with Gasteiger partial charge in [0.25, 0.3) is 5.91 Å². The Kier molecular flexibility index (Phi) is 5.15. The second-order valence-corrected chi connectivity index (χ2v) is 6.60. The van der Waals surface area contributed by atoms with E-state index in [1.54, 1.807) is 18.2 Å². The number of likely N-dealkylation sites (tertiary alicyclic amines) is 1. The second-order valence-electron chi connectivity index (χ2n) is 6.60. The van der Waals surface area contributed by atoms with Crippen LogP contribution in [0, 0.1) is 12.7 Å². The van der Waals surface area contributed by atoms with Gasteiger partial charge in [-0.3, -0.25) is 9.89 Å². The van der Waals surface area contributed by atoms with Crippen LogP contribution >= 0.6 is 0 Å². The molecule has 0 radical (unpaired) electrons. The maximum Gasteiger partial charge on any atom is 0.256 e. The van der Waals surface area contributed by atoms with E-state index in [1.165, 1.54) is 11.0 Å². The lowest BCUT2D eigenvalue weighted by Gasteiger charge is -2.38. The van der Waals surface area contributed by atoms with Crippen molar-refractivity contribution in [3.8, 4) is 0 Å². The molecule has 0 saturated carbocycles. The zero-order valence-electron chi connectivity index (χ0n) is 14.3. The van der Waals surface area contributed by atoms with Gasteiger partial charge in [-0.1, -0.05) is 18.2 Å². The van der Waals surface area contributed by atoms with Crippen molar-refractivity contribution in [1.29, 1.82) is 0 Å². The molecule has 25 heavy (non-hydrogen) atoms. The molecule has 1 amide bonds. The number of rotatable bonds is 6. The molecule has 1 atom stereocenters. The van der Waals surface area contributed by atoms with Gasteiger partial charge in [-0.25, -0.2) is 4.39 Å². The maximum absolute atomic E-state index is 13.8. The fraction of sp³-hybridized carbons (Fsp3) is 0.444. The van der Waals surface area contributed by atoms with Gasteiger partial charge in [0.05, 0.1) is 5.69 Å². The Morgan fingerprint density at radius 2 is 2.24 bits per heavy atom. The molecule has 3 rings (SSSR count). The van der Waals surface area contributed by atoms with Gasteiger partial charge in [0.15, 0.2) is 5.60 Å². The Labute approximate surface area is 146 Å². The number of nitrogens with zero attached hydrogens (tertiary/aromatic N) is 2. The summed E-state index contributed by atoms with van der Waals surface area (Å²) < 4.78 is 13.8. The van der Waals surface area contributed by atoms with Gasteiger partial charge in [-0.2, -0.15) is 5.10 Å². The van der Waals surface area contributed by atoms with E-state index >= 15 is 0 Å². The number of piperidine rings is 1. The fourth-order valence-electron chi connectivity index (χ4n) is 3.17. The number of amides is 1. The quantitative estimate of drug-likeness (QED) is 0.740. The molecular weight excluding hydrogens is 323 g/mol. The SMILES string of the molecule is Cc1cc(CNC[C@@]2(O)CCCN(Cc3ccccc3F)C2=O)n[nH]1. The summed E-state index contributed by atoms with van der Waals surface area (Å²) in [6, 6.07) is 8.31. The topological polar surface area (TPSA) is 81.2 Å². The molecule has 1 saturated heterocycles. The first-order valence-corrected chi connectivity index (χ1v) is 8.45. The van der Waals surface area contributed by atoms with Crippen LogP contribution in [0.5, 0.6) is 0 Å². The fourth-order valence-corrected chi connectivity index (χ4v) is 3.17. The van der Waals surface area contributed by atoms with E-state index in [4.69, 9.17) is 0 Å². The lowest BCUT2D eigenvalue weighted by Crippen LogP contribution is -2.57. The van der Waals surface area contributed by atoms with Crippen LogP contribution in [0.2, 0.25) is 0 Å². The predicted molar refractivity (Wildman–Crippen MR) is 91.0 cm³/mol. The monoisotopic (exact) mass is 346 g/mol. The number of aryl methyl sites for hydroxylation is 1. The minimum absolute atomic E-state index is 0.144. The Morgan fingerprint density at radius 1 is 1.44 bits per heavy atom. The Balaban J connectivity index is 1.61. The average Bonchev–Trinajstić information content (AvgIpc) is 2.99. The molecule has 6 nitrogen and oxygen atoms in total. The van der Waals surface area contributed by atoms with Gasteiger partial charge in [-0.05, 0) is 31.9 Å². The summed E-state index contributed by atoms with van der Waals surface area (Å²) in [5, 5.41) is 20.8. The van der Waals surface area contributed by atoms with E-state index in [2.05, 4.69) is 15.5 Å². The molecule has 7 heteroatoms. The van der Waals surface area contributed by atoms with Crippen molar-refractivity contribution in [2.24, 2.45) is 0 Å². The first-order valence-electron chi connectivity index (χ1n) is 8.45. The number of carbonyl (C=O) groups excluding carboxylic acids is 1. The van der Waals surface area contributed by atoms with Crippen molar-refractivity contribution in [3.05, 3.63) is 53.1 Å². The molecule has 0 unspecified atom stereocenters. The summed E-state index contributed by atoms with van der Waals surface area (Å²) in [6.45, 7) is 3.22. The summed E-state index contributed by atoms with van der Waals surface area (Å²) >= 11 is 0. The van der Waals surface area contributed by atoms with E-state index in [1.807, 2.05) is 13.0 Å². The van der Waals surface area contributed by atoms with Crippen molar-refractivity contribution in [1.82, 2.24) is 20.4 Å². The number of benzene rings is 1. The van der Waals surface area contributed by atoms with Crippen LogP contribution in [0.15, 0.2) is 30.3 Å². The molecule has 0 spiro atoms. The van der Waals surface area contributed by atoms with Crippen molar-refractivity contribution in [2.75, 3.05) is 13.1 Å². The number of aliphatic hydroxyl groups is 1. The molecule has 2 heterocycles. The number of nitrogens with one attached hydrogen (secondary N) is 2. The van der Waals surface area contributed by atoms with Crippen molar-refractivity contribution in [3.63, 3.8) is 0 Å². The number of hydrogen-bond acceptors (Lipinski definition) is 4. The summed E-state index contributed by atoms with van der Waals surface area (Å²) in [5.41, 5.74) is 0.780. The summed E-state index contributed by atoms with van der Waals surface area (Å²) in [5.74, 6) is -0.691. The van der Waals surface area contributed by atoms with Crippen molar-refractivity contribution >= 4 is 5.91 Å². The number of aromatic amines is 1. The predicted octanol–water partition coefficient (Wildman–Crippen LogP) is 1.50. The summed E-state index contributed by atoms with van der Waals surface area (Å²) in [7, 11) is 0. The molecule has 134 valence electrons. The molecule has 1 aliphatic heterocycles. The van der Waals surface area contributed by atoms with Crippen LogP contribution in [0.25, 0.3) is 0 Å². The molecule has 2 aromatic rings. The molecule has 1 aliphatic rings. The third-order valence-electron chi connectivity index (χ3n) is 4.51. The highest BCUT2D eigenvalue weighted by atomic mass is 19.1. The van der Waals surface area contributed by atoms with Crippen LogP contribution in [0.4, 0.5) is 4.39 Å². The minimum Gasteiger partial charge on any atom is -0.379 e. The van der Waals surface area contributed by atoms with E-state index in [0.717, 1.165) is 11.4 Å². The standard InChI is InChI=1S/C18H23FN4O2/c1-13-9-15(22-21-13)10-20-12-18(25)7-4-8-23(17(18)24)11-14-5-2-3-6-16(14)19/h2-3,5-6,9,20,25H,4,7-8,10-12H2,1H3,(H,21,22)/t18-/m0/s1. The van der Waals surface area contributed by atoms with Gasteiger partial charge in [-0.15, -0.1) is 0 Å². The number of hydrogen-bond donors (Lipinski definition) is 3. The minimum atomic E-state index is -1.46. The Morgan fingerprint density at radius 3 is 2.96 bits per heavy atom. The number of H-pyrrole nitrogens is 1. The number of carbonyl (C=O) groups is 1. The molecule has 1 aromatic carbocycles. The van der Waals surface area contributed by atoms with Crippen LogP contribution in [0.1, 0.15) is 29.8 Å². The molecular formula is C18H23FN4O2. The Hall–Kier alpha value is -2.25. The number of aromatic nitrogens is 2. The van der Waals surface area contributed by atoms with E-state index in [9.17, 15) is 14.3 Å². The van der Waals surface area contributed by atoms with Gasteiger partial charge < -0.3 is 15.3 Å². The van der Waals surface area contributed by atoms with E-state index in [0.29, 0.717) is 31.5 Å². The van der Waals surface area contributed by atoms with Gasteiger partial charge in [0.2, 0.25) is 0 Å². The second kappa shape index (κ2) is 7.33. The van der Waals surface area contributed by atoms with Crippen LogP contribution in [-0.4, -0.2) is 44.8 Å². The molecule has 0 aliphatic carbocycles. The zero-order chi connectivity index (χ0) is 17.9. The zero-order valence-corrected chi connectivity index (χ0v) is 14.3. The molecule has 3 N–H and O–H groups in total. The van der Waals surface area contributed by atoms with Crippen LogP contribution in [0.3, 0.4) is 0 Å². The average molecular weight is 346 g/mol. The number of halogens is 1. The first-order chi connectivity index (χ1) is 12.0. The van der Waals surface area contributed by atoms with Crippen LogP contribution in [-0.2, 0) is 17.9 Å². The third-order valence-corrected chi connectivity index (χ3v) is 4.51. The molecule has 1 fully saturated rings. The van der Waals surface area contributed by atoms with Gasteiger partial charge in [0.1, 0.15) is 5.82 Å². The van der Waals surface area contributed by atoms with E-state index in [-0.39, 0.29) is 24.8 Å². The lowest BCUT2D eigenvalue weighted by molar-refractivity contribution is -0.157. The van der Waals surface area contributed by atoms with E-state index < -0.39 is 5.60 Å². The van der Waals surface area contributed by atoms with Crippen molar-refractivity contribution in [2.45, 2.75) is 38.5 Å². The summed E-state index contributed by atoms with van der Waals surface area (Å²) in [6.07, 6.45) is 1.08. The highest BCUT2D eigenvalue weighted by Crippen LogP contribution is 2.24. The highest BCUT2D eigenvalue weighted by molar-refractivity contribution is 5.86. The lowest BCUT2D eigenvalue weighted by atomic mass is 9.91. The summed E-state index contributed by atoms with van der Waals surface area (Å²) in [4.78, 5) is 14.2. The first kappa shape index (κ1) is 17.6. The largest absolute Gasteiger partial charge is 0.379 e. The smallest absolute Gasteiger partial charge is 0.256 e. The Bertz CT molecular complexity index is 748. The third kappa shape index (κ3) is 4.05. The van der Waals surface area contributed by atoms with Crippen molar-refractivity contribution < 1.29 is 14.3 Å². The highest BCUT2D eigenvalue weighted by Gasteiger charge is 2.41.